The molecule has 0 radical (unpaired) electrons. The molecule has 6 atom stereocenters. The largest absolute Gasteiger partial charge is 0.508 e. The lowest BCUT2D eigenvalue weighted by Crippen LogP contribution is -2.61. The summed E-state index contributed by atoms with van der Waals surface area (Å²) in [6.45, 7) is 6.33. The van der Waals surface area contributed by atoms with Gasteiger partial charge in [0.05, 0.1) is 5.41 Å². The highest BCUT2D eigenvalue weighted by Crippen LogP contribution is 2.79. The Morgan fingerprint density at radius 2 is 1.88 bits per heavy atom. The average molecular weight is 463 g/mol. The number of methoxy groups -OCH3 is 1. The summed E-state index contributed by atoms with van der Waals surface area (Å²) in [4.78, 5) is 14.2. The highest BCUT2D eigenvalue weighted by atomic mass is 16.6. The normalized spacial score (nSPS) is 36.1. The van der Waals surface area contributed by atoms with Crippen LogP contribution in [0.15, 0.2) is 60.7 Å². The minimum atomic E-state index is -1.64. The fourth-order valence-corrected chi connectivity index (χ4v) is 8.00. The lowest BCUT2D eigenvalue weighted by molar-refractivity contribution is -0.265. The lowest BCUT2D eigenvalue weighted by atomic mass is 9.47. The minimum Gasteiger partial charge on any atom is -0.508 e. The topological polar surface area (TPSA) is 87.0 Å². The maximum Gasteiger partial charge on any atom is 0.185 e. The zero-order chi connectivity index (χ0) is 24.3. The van der Waals surface area contributed by atoms with E-state index in [0.29, 0.717) is 6.42 Å². The SMILES string of the molecule is C=C1[C@H]2[C@H](CO)[C@@H]3CCC[C@]1(C)[C@@]3(C(=O)CCc1cccc(-c3cccc(O)c3)c1)[C@@]2(O)OC. The maximum absolute atomic E-state index is 14.2. The molecule has 0 amide bonds. The molecule has 0 aliphatic heterocycles. The molecule has 3 fully saturated rings. The van der Waals surface area contributed by atoms with Gasteiger partial charge < -0.3 is 20.1 Å². The van der Waals surface area contributed by atoms with E-state index in [1.54, 1.807) is 12.1 Å². The number of carbonyl (C=O) groups excluding carboxylic acids is 1. The second-order valence-corrected chi connectivity index (χ2v) is 10.6. The van der Waals surface area contributed by atoms with E-state index in [0.717, 1.165) is 41.5 Å². The average Bonchev–Trinajstić information content (AvgIpc) is 3.17. The number of aliphatic hydroxyl groups is 2. The van der Waals surface area contributed by atoms with E-state index >= 15 is 0 Å². The molecule has 0 unspecified atom stereocenters. The third-order valence-corrected chi connectivity index (χ3v) is 9.34. The lowest BCUT2D eigenvalue weighted by Gasteiger charge is -2.55. The molecule has 5 rings (SSSR count). The number of phenolic OH excluding ortho intramolecular Hbond substituents is 1. The predicted molar refractivity (Wildman–Crippen MR) is 130 cm³/mol. The van der Waals surface area contributed by atoms with Gasteiger partial charge in [-0.2, -0.15) is 0 Å². The van der Waals surface area contributed by atoms with Crippen molar-refractivity contribution >= 4 is 5.78 Å². The first-order valence-electron chi connectivity index (χ1n) is 12.2. The zero-order valence-electron chi connectivity index (χ0n) is 20.0. The molecule has 5 heteroatoms. The Morgan fingerprint density at radius 3 is 2.56 bits per heavy atom. The van der Waals surface area contributed by atoms with E-state index < -0.39 is 22.5 Å². The summed E-state index contributed by atoms with van der Waals surface area (Å²) in [7, 11) is 1.48. The molecule has 3 saturated carbocycles. The summed E-state index contributed by atoms with van der Waals surface area (Å²) >= 11 is 0. The van der Waals surface area contributed by atoms with Crippen molar-refractivity contribution in [3.63, 3.8) is 0 Å². The van der Waals surface area contributed by atoms with Gasteiger partial charge in [-0.05, 0) is 59.9 Å². The van der Waals surface area contributed by atoms with Gasteiger partial charge in [0, 0.05) is 31.5 Å². The Kier molecular flexibility index (Phi) is 5.51. The van der Waals surface area contributed by atoms with E-state index in [1.807, 2.05) is 36.4 Å². The molecule has 2 aromatic carbocycles. The molecule has 180 valence electrons. The number of rotatable bonds is 7. The van der Waals surface area contributed by atoms with Crippen LogP contribution in [0.5, 0.6) is 5.75 Å². The first-order valence-corrected chi connectivity index (χ1v) is 12.2. The van der Waals surface area contributed by atoms with Gasteiger partial charge in [0.15, 0.2) is 5.79 Å². The molecular formula is C29H34O5. The number of hydrogen-bond acceptors (Lipinski definition) is 5. The number of aliphatic hydroxyl groups excluding tert-OH is 1. The van der Waals surface area contributed by atoms with Crippen LogP contribution in [-0.4, -0.2) is 40.6 Å². The molecule has 0 spiro atoms. The minimum absolute atomic E-state index is 0.00593. The quantitative estimate of drug-likeness (QED) is 0.417. The Morgan fingerprint density at radius 1 is 1.18 bits per heavy atom. The fraction of sp³-hybridized carbons (Fsp3) is 0.483. The number of carbonyl (C=O) groups is 1. The Balaban J connectivity index is 1.47. The number of phenols is 1. The number of fused-ring (bicyclic) bond motifs is 1. The molecular weight excluding hydrogens is 428 g/mol. The molecule has 0 saturated heterocycles. The fourth-order valence-electron chi connectivity index (χ4n) is 8.00. The van der Waals surface area contributed by atoms with Gasteiger partial charge >= 0.3 is 0 Å². The highest BCUT2D eigenvalue weighted by molar-refractivity contribution is 5.90. The van der Waals surface area contributed by atoms with Crippen molar-refractivity contribution in [2.75, 3.05) is 13.7 Å². The summed E-state index contributed by atoms with van der Waals surface area (Å²) in [6, 6.07) is 15.1. The smallest absolute Gasteiger partial charge is 0.185 e. The van der Waals surface area contributed by atoms with Crippen LogP contribution in [-0.2, 0) is 16.0 Å². The second-order valence-electron chi connectivity index (χ2n) is 10.6. The Labute approximate surface area is 201 Å². The molecule has 0 aromatic heterocycles. The number of aryl methyl sites for hydroxylation is 1. The van der Waals surface area contributed by atoms with Gasteiger partial charge in [-0.3, -0.25) is 4.79 Å². The van der Waals surface area contributed by atoms with Gasteiger partial charge in [-0.15, -0.1) is 0 Å². The van der Waals surface area contributed by atoms with Gasteiger partial charge in [0.25, 0.3) is 0 Å². The van der Waals surface area contributed by atoms with Crippen molar-refractivity contribution in [1.82, 2.24) is 0 Å². The number of ether oxygens (including phenoxy) is 1. The van der Waals surface area contributed by atoms with Gasteiger partial charge in [-0.1, -0.05) is 61.9 Å². The number of hydrogen-bond donors (Lipinski definition) is 3. The summed E-state index contributed by atoms with van der Waals surface area (Å²) in [5, 5.41) is 32.0. The van der Waals surface area contributed by atoms with Gasteiger partial charge in [0.1, 0.15) is 11.5 Å². The van der Waals surface area contributed by atoms with E-state index in [1.165, 1.54) is 7.11 Å². The predicted octanol–water partition coefficient (Wildman–Crippen LogP) is 4.50. The van der Waals surface area contributed by atoms with Crippen molar-refractivity contribution in [2.24, 2.45) is 28.6 Å². The Bertz CT molecular complexity index is 1140. The van der Waals surface area contributed by atoms with Crippen molar-refractivity contribution < 1.29 is 24.9 Å². The van der Waals surface area contributed by atoms with Crippen LogP contribution in [0.2, 0.25) is 0 Å². The molecule has 5 nitrogen and oxygen atoms in total. The molecule has 2 aromatic rings. The van der Waals surface area contributed by atoms with E-state index in [2.05, 4.69) is 13.5 Å². The standard InChI is InChI=1S/C29H34O5/c1-18-26-23(17-30)24-11-6-14-27(18,2)28(24,29(26,33)34-3)25(32)13-12-19-7-4-8-20(15-19)21-9-5-10-22(31)16-21/h4-5,7-10,15-16,23-24,26,30-31,33H,1,6,11-14,17H2,2-3H3/t23-,24+,26+,27+,28-,29+/m1/s1. The van der Waals surface area contributed by atoms with E-state index in [9.17, 15) is 20.1 Å². The number of aromatic hydroxyl groups is 1. The van der Waals surface area contributed by atoms with Crippen LogP contribution in [0, 0.1) is 28.6 Å². The monoisotopic (exact) mass is 462 g/mol. The third-order valence-electron chi connectivity index (χ3n) is 9.34. The molecule has 34 heavy (non-hydrogen) atoms. The van der Waals surface area contributed by atoms with E-state index in [4.69, 9.17) is 4.74 Å². The molecule has 3 N–H and O–H groups in total. The van der Waals surface area contributed by atoms with Crippen LogP contribution < -0.4 is 0 Å². The first kappa shape index (κ1) is 23.3. The van der Waals surface area contributed by atoms with Crippen molar-refractivity contribution in [2.45, 2.75) is 44.8 Å². The van der Waals surface area contributed by atoms with Gasteiger partial charge in [0.2, 0.25) is 0 Å². The van der Waals surface area contributed by atoms with Crippen LogP contribution >= 0.6 is 0 Å². The second kappa shape index (κ2) is 8.04. The summed E-state index contributed by atoms with van der Waals surface area (Å²) in [5.74, 6) is -2.20. The van der Waals surface area contributed by atoms with Crippen LogP contribution in [0.4, 0.5) is 0 Å². The number of Topliss-reactive ketones (excluding diaryl/α,β-unsaturated/α-hetero) is 1. The summed E-state index contributed by atoms with van der Waals surface area (Å²) < 4.78 is 5.79. The maximum atomic E-state index is 14.2. The van der Waals surface area contributed by atoms with E-state index in [-0.39, 0.29) is 36.4 Å². The molecule has 3 aliphatic carbocycles. The van der Waals surface area contributed by atoms with Crippen LogP contribution in [0.3, 0.4) is 0 Å². The summed E-state index contributed by atoms with van der Waals surface area (Å²) in [6.07, 6.45) is 3.36. The highest BCUT2D eigenvalue weighted by Gasteiger charge is 2.84. The third kappa shape index (κ3) is 2.81. The molecule has 3 aliphatic rings. The number of ketones is 1. The van der Waals surface area contributed by atoms with Crippen molar-refractivity contribution in [3.8, 4) is 16.9 Å². The van der Waals surface area contributed by atoms with Crippen molar-refractivity contribution in [1.29, 1.82) is 0 Å². The van der Waals surface area contributed by atoms with Crippen molar-refractivity contribution in [3.05, 3.63) is 66.2 Å². The zero-order valence-corrected chi connectivity index (χ0v) is 20.0. The Hall–Kier alpha value is -2.47. The van der Waals surface area contributed by atoms with Crippen LogP contribution in [0.1, 0.15) is 38.2 Å². The summed E-state index contributed by atoms with van der Waals surface area (Å²) in [5.41, 5.74) is 2.13. The first-order chi connectivity index (χ1) is 16.2. The van der Waals surface area contributed by atoms with Gasteiger partial charge in [-0.25, -0.2) is 0 Å². The number of benzene rings is 2. The van der Waals surface area contributed by atoms with Crippen LogP contribution in [0.25, 0.3) is 11.1 Å². The molecule has 2 bridgehead atoms. The molecule has 0 heterocycles.